The third-order valence-corrected chi connectivity index (χ3v) is 3.13. The predicted octanol–water partition coefficient (Wildman–Crippen LogP) is -1.01. The molecule has 1 fully saturated rings. The van der Waals surface area contributed by atoms with E-state index in [0.717, 1.165) is 0 Å². The van der Waals surface area contributed by atoms with Crippen LogP contribution in [0, 0.1) is 0 Å². The van der Waals surface area contributed by atoms with Crippen LogP contribution in [-0.2, 0) is 9.53 Å². The normalized spacial score (nSPS) is 15.3. The van der Waals surface area contributed by atoms with Crippen LogP contribution in [0.4, 0.5) is 17.8 Å². The van der Waals surface area contributed by atoms with Gasteiger partial charge in [0.15, 0.2) is 0 Å². The summed E-state index contributed by atoms with van der Waals surface area (Å²) in [4.78, 5) is 27.6. The van der Waals surface area contributed by atoms with Crippen molar-refractivity contribution in [3.05, 3.63) is 0 Å². The molecule has 0 saturated carbocycles. The number of anilines is 3. The number of nitrogens with two attached hydrogens (primary N) is 2. The van der Waals surface area contributed by atoms with Crippen molar-refractivity contribution >= 4 is 23.8 Å². The van der Waals surface area contributed by atoms with Crippen molar-refractivity contribution < 1.29 is 9.53 Å². The third kappa shape index (κ3) is 3.91. The van der Waals surface area contributed by atoms with E-state index in [-0.39, 0.29) is 18.5 Å². The molecular formula is C12H21N7O2. The molecule has 1 aliphatic rings. The Kier molecular flexibility index (Phi) is 4.73. The lowest BCUT2D eigenvalue weighted by Crippen LogP contribution is -2.41. The summed E-state index contributed by atoms with van der Waals surface area (Å²) >= 11 is 0. The molecule has 9 nitrogen and oxygen atoms in total. The lowest BCUT2D eigenvalue weighted by molar-refractivity contribution is -0.116. The maximum Gasteiger partial charge on any atom is 0.237 e. The SMILES string of the molecule is CC(C)N(CC(N)=O)c1nc(N)nc(N2CCOCC2)n1. The predicted molar refractivity (Wildman–Crippen MR) is 78.9 cm³/mol. The molecule has 1 aromatic rings. The summed E-state index contributed by atoms with van der Waals surface area (Å²) in [6.07, 6.45) is 0. The van der Waals surface area contributed by atoms with Gasteiger partial charge in [-0.3, -0.25) is 4.79 Å². The number of aromatic nitrogens is 3. The smallest absolute Gasteiger partial charge is 0.237 e. The average molecular weight is 295 g/mol. The van der Waals surface area contributed by atoms with Crippen molar-refractivity contribution in [1.82, 2.24) is 15.0 Å². The summed E-state index contributed by atoms with van der Waals surface area (Å²) in [5.74, 6) is 0.529. The summed E-state index contributed by atoms with van der Waals surface area (Å²) in [5.41, 5.74) is 11.0. The second-order valence-corrected chi connectivity index (χ2v) is 5.08. The van der Waals surface area contributed by atoms with Crippen LogP contribution in [0.15, 0.2) is 0 Å². The van der Waals surface area contributed by atoms with Crippen molar-refractivity contribution in [2.24, 2.45) is 5.73 Å². The van der Waals surface area contributed by atoms with Gasteiger partial charge in [-0.1, -0.05) is 0 Å². The number of carbonyl (C=O) groups excluding carboxylic acids is 1. The van der Waals surface area contributed by atoms with Gasteiger partial charge in [0.1, 0.15) is 0 Å². The Labute approximate surface area is 123 Å². The fourth-order valence-corrected chi connectivity index (χ4v) is 2.05. The molecule has 0 atom stereocenters. The van der Waals surface area contributed by atoms with Gasteiger partial charge in [-0.25, -0.2) is 0 Å². The number of rotatable bonds is 5. The number of primary amides is 1. The van der Waals surface area contributed by atoms with Gasteiger partial charge in [-0.15, -0.1) is 0 Å². The Morgan fingerprint density at radius 1 is 1.33 bits per heavy atom. The lowest BCUT2D eigenvalue weighted by Gasteiger charge is -2.29. The van der Waals surface area contributed by atoms with Crippen molar-refractivity contribution in [2.75, 3.05) is 48.4 Å². The molecule has 21 heavy (non-hydrogen) atoms. The highest BCUT2D eigenvalue weighted by Gasteiger charge is 2.21. The Hall–Kier alpha value is -2.16. The molecule has 2 rings (SSSR count). The molecule has 0 spiro atoms. The summed E-state index contributed by atoms with van der Waals surface area (Å²) in [7, 11) is 0. The van der Waals surface area contributed by atoms with E-state index in [0.29, 0.717) is 38.2 Å². The van der Waals surface area contributed by atoms with Crippen LogP contribution in [0.1, 0.15) is 13.8 Å². The molecule has 1 aromatic heterocycles. The fraction of sp³-hybridized carbons (Fsp3) is 0.667. The van der Waals surface area contributed by atoms with Crippen LogP contribution < -0.4 is 21.3 Å². The van der Waals surface area contributed by atoms with Crippen LogP contribution in [0.2, 0.25) is 0 Å². The summed E-state index contributed by atoms with van der Waals surface area (Å²) < 4.78 is 5.30. The molecule has 4 N–H and O–H groups in total. The lowest BCUT2D eigenvalue weighted by atomic mass is 10.3. The molecular weight excluding hydrogens is 274 g/mol. The first-order chi connectivity index (χ1) is 9.97. The second kappa shape index (κ2) is 6.53. The number of hydrogen-bond acceptors (Lipinski definition) is 8. The van der Waals surface area contributed by atoms with E-state index in [9.17, 15) is 4.79 Å². The van der Waals surface area contributed by atoms with E-state index in [4.69, 9.17) is 16.2 Å². The van der Waals surface area contributed by atoms with Crippen LogP contribution in [0.5, 0.6) is 0 Å². The fourth-order valence-electron chi connectivity index (χ4n) is 2.05. The van der Waals surface area contributed by atoms with Gasteiger partial charge in [0, 0.05) is 19.1 Å². The summed E-state index contributed by atoms with van der Waals surface area (Å²) in [6.45, 7) is 6.52. The minimum atomic E-state index is -0.449. The first kappa shape index (κ1) is 15.2. The van der Waals surface area contributed by atoms with Gasteiger partial charge in [-0.2, -0.15) is 15.0 Å². The van der Waals surface area contributed by atoms with Gasteiger partial charge >= 0.3 is 0 Å². The number of morpholine rings is 1. The highest BCUT2D eigenvalue weighted by molar-refractivity contribution is 5.79. The topological polar surface area (TPSA) is 123 Å². The first-order valence-electron chi connectivity index (χ1n) is 6.86. The summed E-state index contributed by atoms with van der Waals surface area (Å²) in [5, 5.41) is 0. The molecule has 1 amide bonds. The molecule has 1 aliphatic heterocycles. The molecule has 2 heterocycles. The monoisotopic (exact) mass is 295 g/mol. The van der Waals surface area contributed by atoms with E-state index in [1.165, 1.54) is 0 Å². The molecule has 116 valence electrons. The Morgan fingerprint density at radius 3 is 2.57 bits per heavy atom. The van der Waals surface area contributed by atoms with Crippen molar-refractivity contribution in [3.63, 3.8) is 0 Å². The number of amides is 1. The van der Waals surface area contributed by atoms with Crippen LogP contribution in [0.25, 0.3) is 0 Å². The molecule has 0 bridgehead atoms. The zero-order valence-electron chi connectivity index (χ0n) is 12.3. The maximum atomic E-state index is 11.2. The minimum absolute atomic E-state index is 0.0110. The number of ether oxygens (including phenoxy) is 1. The van der Waals surface area contributed by atoms with Crippen LogP contribution >= 0.6 is 0 Å². The van der Waals surface area contributed by atoms with E-state index in [2.05, 4.69) is 15.0 Å². The van der Waals surface area contributed by atoms with Crippen LogP contribution in [-0.4, -0.2) is 59.7 Å². The minimum Gasteiger partial charge on any atom is -0.378 e. The zero-order valence-corrected chi connectivity index (χ0v) is 12.3. The van der Waals surface area contributed by atoms with E-state index in [1.807, 2.05) is 18.7 Å². The number of hydrogen-bond donors (Lipinski definition) is 2. The Balaban J connectivity index is 2.29. The van der Waals surface area contributed by atoms with Gasteiger partial charge in [0.25, 0.3) is 0 Å². The van der Waals surface area contributed by atoms with Crippen molar-refractivity contribution in [3.8, 4) is 0 Å². The van der Waals surface area contributed by atoms with Gasteiger partial charge in [0.2, 0.25) is 23.8 Å². The van der Waals surface area contributed by atoms with Gasteiger partial charge in [0.05, 0.1) is 19.8 Å². The van der Waals surface area contributed by atoms with E-state index < -0.39 is 5.91 Å². The van der Waals surface area contributed by atoms with Crippen LogP contribution in [0.3, 0.4) is 0 Å². The molecule has 0 unspecified atom stereocenters. The maximum absolute atomic E-state index is 11.2. The molecule has 0 radical (unpaired) electrons. The Bertz CT molecular complexity index is 502. The average Bonchev–Trinajstić information content (AvgIpc) is 2.44. The van der Waals surface area contributed by atoms with E-state index in [1.54, 1.807) is 4.90 Å². The second-order valence-electron chi connectivity index (χ2n) is 5.08. The molecule has 9 heteroatoms. The van der Waals surface area contributed by atoms with Crippen molar-refractivity contribution in [1.29, 1.82) is 0 Å². The summed E-state index contributed by atoms with van der Waals surface area (Å²) in [6, 6.07) is 0.0110. The number of nitrogen functional groups attached to an aromatic ring is 1. The zero-order chi connectivity index (χ0) is 15.4. The van der Waals surface area contributed by atoms with Gasteiger partial charge < -0.3 is 26.0 Å². The largest absolute Gasteiger partial charge is 0.378 e. The van der Waals surface area contributed by atoms with Crippen molar-refractivity contribution in [2.45, 2.75) is 19.9 Å². The highest BCUT2D eigenvalue weighted by Crippen LogP contribution is 2.17. The molecule has 1 saturated heterocycles. The number of nitrogens with zero attached hydrogens (tertiary/aromatic N) is 5. The first-order valence-corrected chi connectivity index (χ1v) is 6.86. The Morgan fingerprint density at radius 2 is 2.00 bits per heavy atom. The van der Waals surface area contributed by atoms with Gasteiger partial charge in [-0.05, 0) is 13.8 Å². The standard InChI is InChI=1S/C12H21N7O2/c1-8(2)19(7-9(13)20)12-16-10(14)15-11(17-12)18-3-5-21-6-4-18/h8H,3-7H2,1-2H3,(H2,13,20)(H2,14,15,16,17). The van der Waals surface area contributed by atoms with E-state index >= 15 is 0 Å². The molecule has 0 aliphatic carbocycles. The highest BCUT2D eigenvalue weighted by atomic mass is 16.5. The molecule has 0 aromatic carbocycles. The quantitative estimate of drug-likeness (QED) is 0.708. The number of carbonyl (C=O) groups is 1. The third-order valence-electron chi connectivity index (χ3n) is 3.13.